The molecule has 0 fully saturated rings. The minimum Gasteiger partial charge on any atom is -0.325 e. The summed E-state index contributed by atoms with van der Waals surface area (Å²) >= 11 is 0. The summed E-state index contributed by atoms with van der Waals surface area (Å²) < 4.78 is 16.3. The number of nitrogens with zero attached hydrogens (tertiary/aromatic N) is 2. The van der Waals surface area contributed by atoms with Gasteiger partial charge in [0.1, 0.15) is 5.82 Å². The summed E-state index contributed by atoms with van der Waals surface area (Å²) in [5, 5.41) is 6.90. The minimum atomic E-state index is -0.336. The highest BCUT2D eigenvalue weighted by atomic mass is 19.1. The summed E-state index contributed by atoms with van der Waals surface area (Å²) in [5.74, 6) is -0.433. The van der Waals surface area contributed by atoms with Crippen molar-refractivity contribution in [2.75, 3.05) is 5.32 Å². The highest BCUT2D eigenvalue weighted by Gasteiger charge is 2.20. The first-order valence-corrected chi connectivity index (χ1v) is 9.00. The van der Waals surface area contributed by atoms with Crippen molar-refractivity contribution >= 4 is 11.6 Å². The molecule has 5 rings (SSSR count). The number of aromatic nitrogens is 2. The van der Waals surface area contributed by atoms with Crippen molar-refractivity contribution in [1.29, 1.82) is 0 Å². The van der Waals surface area contributed by atoms with Crippen molar-refractivity contribution in [1.82, 2.24) is 9.78 Å². The van der Waals surface area contributed by atoms with Gasteiger partial charge in [-0.3, -0.25) is 4.79 Å². The van der Waals surface area contributed by atoms with Crippen LogP contribution >= 0.6 is 0 Å². The number of carbonyl (C=O) groups excluding carboxylic acids is 1. The fourth-order valence-corrected chi connectivity index (χ4v) is 3.54. The minimum absolute atomic E-state index is 0.0968. The zero-order chi connectivity index (χ0) is 19.1. The molecule has 0 saturated heterocycles. The average Bonchev–Trinajstić information content (AvgIpc) is 3.37. The number of benzene rings is 3. The van der Waals surface area contributed by atoms with Gasteiger partial charge >= 0.3 is 0 Å². The molecule has 1 aromatic heterocycles. The Bertz CT molecular complexity index is 1160. The molecular weight excluding hydrogens is 353 g/mol. The molecule has 4 nitrogen and oxygen atoms in total. The molecule has 2 heterocycles. The van der Waals surface area contributed by atoms with Gasteiger partial charge < -0.3 is 5.32 Å². The molecule has 28 heavy (non-hydrogen) atoms. The van der Waals surface area contributed by atoms with Gasteiger partial charge in [-0.2, -0.15) is 5.10 Å². The third kappa shape index (κ3) is 2.87. The van der Waals surface area contributed by atoms with E-state index in [9.17, 15) is 9.18 Å². The molecule has 0 aliphatic carbocycles. The van der Waals surface area contributed by atoms with Gasteiger partial charge in [-0.1, -0.05) is 36.4 Å². The van der Waals surface area contributed by atoms with E-state index in [1.807, 2.05) is 65.5 Å². The monoisotopic (exact) mass is 369 g/mol. The number of rotatable bonds is 3. The van der Waals surface area contributed by atoms with Crippen LogP contribution in [0.15, 0.2) is 79.1 Å². The van der Waals surface area contributed by atoms with E-state index in [1.165, 1.54) is 6.07 Å². The van der Waals surface area contributed by atoms with Crippen molar-refractivity contribution in [3.63, 3.8) is 0 Å². The Labute approximate surface area is 161 Å². The fraction of sp³-hybridized carbons (Fsp3) is 0.0435. The largest absolute Gasteiger partial charge is 0.325 e. The quantitative estimate of drug-likeness (QED) is 0.562. The second-order valence-electron chi connectivity index (χ2n) is 6.79. The molecule has 0 unspecified atom stereocenters. The topological polar surface area (TPSA) is 46.9 Å². The second-order valence-corrected chi connectivity index (χ2v) is 6.79. The van der Waals surface area contributed by atoms with Gasteiger partial charge in [0.2, 0.25) is 5.91 Å². The standard InChI is InChI=1S/C23H16FN3O/c24-21-14-22-18(13-23(28)26-22)12-20(21)17-4-2-15(3-5-17)16-6-8-19(9-7-16)27-11-1-10-25-27/h1-12,14H,13H2,(H,26,28). The summed E-state index contributed by atoms with van der Waals surface area (Å²) in [6.07, 6.45) is 3.94. The first-order valence-electron chi connectivity index (χ1n) is 9.00. The Balaban J connectivity index is 1.44. The number of carbonyl (C=O) groups is 1. The lowest BCUT2D eigenvalue weighted by atomic mass is 9.98. The van der Waals surface area contributed by atoms with E-state index < -0.39 is 0 Å². The first-order chi connectivity index (χ1) is 13.7. The number of anilines is 1. The lowest BCUT2D eigenvalue weighted by Gasteiger charge is -2.09. The van der Waals surface area contributed by atoms with E-state index in [2.05, 4.69) is 10.4 Å². The van der Waals surface area contributed by atoms with Gasteiger partial charge in [-0.05, 0) is 52.6 Å². The normalized spacial score (nSPS) is 12.7. The van der Waals surface area contributed by atoms with E-state index in [0.717, 1.165) is 27.9 Å². The Morgan fingerprint density at radius 1 is 0.929 bits per heavy atom. The van der Waals surface area contributed by atoms with Crippen LogP contribution in [0.3, 0.4) is 0 Å². The van der Waals surface area contributed by atoms with Crippen molar-refractivity contribution in [2.45, 2.75) is 6.42 Å². The number of amides is 1. The van der Waals surface area contributed by atoms with Gasteiger partial charge in [0.05, 0.1) is 12.1 Å². The van der Waals surface area contributed by atoms with Crippen LogP contribution in [0.5, 0.6) is 0 Å². The van der Waals surface area contributed by atoms with Crippen molar-refractivity contribution in [2.24, 2.45) is 0 Å². The molecule has 5 heteroatoms. The van der Waals surface area contributed by atoms with Crippen LogP contribution in [-0.2, 0) is 11.2 Å². The summed E-state index contributed by atoms with van der Waals surface area (Å²) in [6, 6.07) is 20.9. The van der Waals surface area contributed by atoms with Crippen molar-refractivity contribution in [3.05, 3.63) is 90.5 Å². The predicted octanol–water partition coefficient (Wildman–Crippen LogP) is 4.84. The van der Waals surface area contributed by atoms with Crippen molar-refractivity contribution < 1.29 is 9.18 Å². The molecule has 1 N–H and O–H groups in total. The van der Waals surface area contributed by atoms with Crippen LogP contribution in [-0.4, -0.2) is 15.7 Å². The van der Waals surface area contributed by atoms with Crippen LogP contribution in [0.25, 0.3) is 27.9 Å². The second kappa shape index (κ2) is 6.46. The van der Waals surface area contributed by atoms with E-state index in [-0.39, 0.29) is 11.7 Å². The number of halogens is 1. The number of nitrogens with one attached hydrogen (secondary N) is 1. The predicted molar refractivity (Wildman–Crippen MR) is 107 cm³/mol. The molecule has 0 spiro atoms. The molecule has 0 radical (unpaired) electrons. The summed E-state index contributed by atoms with van der Waals surface area (Å²) in [6.45, 7) is 0. The van der Waals surface area contributed by atoms with Crippen LogP contribution in [0.1, 0.15) is 5.56 Å². The average molecular weight is 369 g/mol. The Morgan fingerprint density at radius 2 is 1.61 bits per heavy atom. The Kier molecular flexibility index (Phi) is 3.79. The third-order valence-electron chi connectivity index (χ3n) is 4.98. The van der Waals surface area contributed by atoms with E-state index in [0.29, 0.717) is 17.7 Å². The zero-order valence-electron chi connectivity index (χ0n) is 14.9. The van der Waals surface area contributed by atoms with Crippen LogP contribution in [0, 0.1) is 5.82 Å². The number of hydrogen-bond donors (Lipinski definition) is 1. The molecule has 136 valence electrons. The summed E-state index contributed by atoms with van der Waals surface area (Å²) in [5.41, 5.74) is 5.82. The maximum Gasteiger partial charge on any atom is 0.228 e. The fourth-order valence-electron chi connectivity index (χ4n) is 3.54. The molecule has 1 aliphatic heterocycles. The maximum absolute atomic E-state index is 14.5. The van der Waals surface area contributed by atoms with Gasteiger partial charge in [0.15, 0.2) is 0 Å². The molecule has 1 aliphatic rings. The zero-order valence-corrected chi connectivity index (χ0v) is 14.9. The Morgan fingerprint density at radius 3 is 2.29 bits per heavy atom. The van der Waals surface area contributed by atoms with E-state index in [4.69, 9.17) is 0 Å². The lowest BCUT2D eigenvalue weighted by molar-refractivity contribution is -0.115. The maximum atomic E-state index is 14.5. The van der Waals surface area contributed by atoms with Crippen molar-refractivity contribution in [3.8, 4) is 27.9 Å². The summed E-state index contributed by atoms with van der Waals surface area (Å²) in [4.78, 5) is 11.5. The SMILES string of the molecule is O=C1Cc2cc(-c3ccc(-c4ccc(-n5cccn5)cc4)cc3)c(F)cc2N1. The van der Waals surface area contributed by atoms with Gasteiger partial charge in [-0.15, -0.1) is 0 Å². The highest BCUT2D eigenvalue weighted by Crippen LogP contribution is 2.33. The van der Waals surface area contributed by atoms with Crippen LogP contribution in [0.4, 0.5) is 10.1 Å². The van der Waals surface area contributed by atoms with Gasteiger partial charge in [0, 0.05) is 23.6 Å². The molecular formula is C23H16FN3O. The molecule has 3 aromatic carbocycles. The molecule has 4 aromatic rings. The number of fused-ring (bicyclic) bond motifs is 1. The summed E-state index contributed by atoms with van der Waals surface area (Å²) in [7, 11) is 0. The first kappa shape index (κ1) is 16.4. The van der Waals surface area contributed by atoms with E-state index >= 15 is 0 Å². The van der Waals surface area contributed by atoms with Gasteiger partial charge in [-0.25, -0.2) is 9.07 Å². The molecule has 0 saturated carbocycles. The molecule has 0 bridgehead atoms. The van der Waals surface area contributed by atoms with E-state index in [1.54, 1.807) is 12.3 Å². The van der Waals surface area contributed by atoms with Gasteiger partial charge in [0.25, 0.3) is 0 Å². The molecule has 0 atom stereocenters. The smallest absolute Gasteiger partial charge is 0.228 e. The Hall–Kier alpha value is -3.73. The highest BCUT2D eigenvalue weighted by molar-refractivity contribution is 5.99. The third-order valence-corrected chi connectivity index (χ3v) is 4.98. The molecule has 1 amide bonds. The van der Waals surface area contributed by atoms with Crippen LogP contribution < -0.4 is 5.32 Å². The van der Waals surface area contributed by atoms with Crippen LogP contribution in [0.2, 0.25) is 0 Å². The lowest BCUT2D eigenvalue weighted by Crippen LogP contribution is -2.03. The number of hydrogen-bond acceptors (Lipinski definition) is 2.